The number of benzene rings is 1. The smallest absolute Gasteiger partial charge is 0.223 e. The van der Waals surface area contributed by atoms with Crippen molar-refractivity contribution in [3.63, 3.8) is 0 Å². The zero-order valence-electron chi connectivity index (χ0n) is 19.1. The quantitative estimate of drug-likeness (QED) is 0.635. The number of rotatable bonds is 5. The molecule has 1 aromatic carbocycles. The maximum atomic E-state index is 13.0. The van der Waals surface area contributed by atoms with Crippen LogP contribution < -0.4 is 10.5 Å². The van der Waals surface area contributed by atoms with Crippen LogP contribution in [0.25, 0.3) is 22.2 Å². The van der Waals surface area contributed by atoms with Gasteiger partial charge in [0.15, 0.2) is 0 Å². The summed E-state index contributed by atoms with van der Waals surface area (Å²) in [6, 6.07) is 7.55. The number of aromatic nitrogens is 3. The highest BCUT2D eigenvalue weighted by molar-refractivity contribution is 6.00. The molecule has 0 radical (unpaired) electrons. The van der Waals surface area contributed by atoms with Crippen LogP contribution in [-0.2, 0) is 4.79 Å². The van der Waals surface area contributed by atoms with E-state index in [0.29, 0.717) is 25.2 Å². The summed E-state index contributed by atoms with van der Waals surface area (Å²) in [5.74, 6) is 1.26. The number of carbonyl (C=O) groups is 1. The Morgan fingerprint density at radius 2 is 1.97 bits per heavy atom. The van der Waals surface area contributed by atoms with Gasteiger partial charge in [0, 0.05) is 24.7 Å². The summed E-state index contributed by atoms with van der Waals surface area (Å²) in [4.78, 5) is 23.5. The van der Waals surface area contributed by atoms with Crippen molar-refractivity contribution in [3.05, 3.63) is 36.8 Å². The molecule has 2 aromatic heterocycles. The molecule has 0 saturated carbocycles. The van der Waals surface area contributed by atoms with Gasteiger partial charge < -0.3 is 25.0 Å². The van der Waals surface area contributed by atoms with Crippen molar-refractivity contribution in [2.75, 3.05) is 26.0 Å². The van der Waals surface area contributed by atoms with Gasteiger partial charge >= 0.3 is 0 Å². The zero-order chi connectivity index (χ0) is 23.0. The van der Waals surface area contributed by atoms with Crippen molar-refractivity contribution in [1.29, 1.82) is 0 Å². The van der Waals surface area contributed by atoms with E-state index in [-0.39, 0.29) is 30.0 Å². The number of aliphatic hydroxyl groups excluding tert-OH is 1. The zero-order valence-corrected chi connectivity index (χ0v) is 19.1. The number of carbonyl (C=O) groups excluding carboxylic acids is 1. The van der Waals surface area contributed by atoms with Crippen molar-refractivity contribution < 1.29 is 14.6 Å². The molecule has 8 nitrogen and oxygen atoms in total. The summed E-state index contributed by atoms with van der Waals surface area (Å²) in [7, 11) is 1.64. The maximum absolute atomic E-state index is 13.0. The molecule has 1 saturated heterocycles. The maximum Gasteiger partial charge on any atom is 0.223 e. The first-order valence-electron chi connectivity index (χ1n) is 10.9. The third-order valence-corrected chi connectivity index (χ3v) is 6.04. The number of nitrogens with two attached hydrogens (primary N) is 1. The lowest BCUT2D eigenvalue weighted by atomic mass is 9.91. The highest BCUT2D eigenvalue weighted by atomic mass is 16.5. The molecular formula is C24H31N5O3. The van der Waals surface area contributed by atoms with Gasteiger partial charge in [-0.3, -0.25) is 4.79 Å². The van der Waals surface area contributed by atoms with E-state index in [2.05, 4.69) is 14.5 Å². The van der Waals surface area contributed by atoms with Crippen LogP contribution >= 0.6 is 0 Å². The molecule has 8 heteroatoms. The Hall–Kier alpha value is -3.13. The van der Waals surface area contributed by atoms with Gasteiger partial charge in [0.1, 0.15) is 23.5 Å². The number of hydrogen-bond donors (Lipinski definition) is 2. The minimum atomic E-state index is -0.212. The first-order chi connectivity index (χ1) is 15.2. The number of aliphatic hydroxyl groups is 1. The number of methoxy groups -OCH3 is 1. The van der Waals surface area contributed by atoms with Crippen LogP contribution in [0.3, 0.4) is 0 Å². The summed E-state index contributed by atoms with van der Waals surface area (Å²) in [5, 5.41) is 10.8. The number of fused-ring (bicyclic) bond motifs is 1. The van der Waals surface area contributed by atoms with E-state index in [0.717, 1.165) is 27.9 Å². The van der Waals surface area contributed by atoms with E-state index in [4.69, 9.17) is 10.5 Å². The minimum absolute atomic E-state index is 0.0140. The SMILES string of the molecule is COc1ccc(-c2cn(C3CC(CO)N(C(=O)CC(C)(C)C)C3)c3ncnc(N)c23)cc1. The fraction of sp³-hybridized carbons (Fsp3) is 0.458. The van der Waals surface area contributed by atoms with Crippen molar-refractivity contribution in [1.82, 2.24) is 19.4 Å². The average molecular weight is 438 g/mol. The third kappa shape index (κ3) is 4.14. The van der Waals surface area contributed by atoms with Crippen LogP contribution in [0.4, 0.5) is 5.82 Å². The van der Waals surface area contributed by atoms with Gasteiger partial charge in [0.2, 0.25) is 5.91 Å². The number of ether oxygens (including phenoxy) is 1. The predicted octanol–water partition coefficient (Wildman–Crippen LogP) is 3.26. The second kappa shape index (κ2) is 8.43. The number of hydrogen-bond acceptors (Lipinski definition) is 6. The Balaban J connectivity index is 1.73. The molecule has 1 fully saturated rings. The van der Waals surface area contributed by atoms with Crippen LogP contribution in [0.1, 0.15) is 39.7 Å². The molecule has 1 aliphatic heterocycles. The summed E-state index contributed by atoms with van der Waals surface area (Å²) >= 11 is 0. The van der Waals surface area contributed by atoms with Crippen LogP contribution in [0.5, 0.6) is 5.75 Å². The van der Waals surface area contributed by atoms with E-state index in [1.165, 1.54) is 6.33 Å². The number of nitrogen functional groups attached to an aromatic ring is 1. The van der Waals surface area contributed by atoms with Crippen LogP contribution in [0.2, 0.25) is 0 Å². The fourth-order valence-electron chi connectivity index (χ4n) is 4.50. The van der Waals surface area contributed by atoms with Crippen LogP contribution in [0, 0.1) is 5.41 Å². The van der Waals surface area contributed by atoms with E-state index >= 15 is 0 Å². The van der Waals surface area contributed by atoms with Crippen molar-refractivity contribution in [2.45, 2.75) is 45.7 Å². The second-order valence-corrected chi connectivity index (χ2v) is 9.65. The molecule has 3 N–H and O–H groups in total. The number of likely N-dealkylation sites (tertiary alicyclic amines) is 1. The van der Waals surface area contributed by atoms with Gasteiger partial charge in [0.05, 0.1) is 31.2 Å². The van der Waals surface area contributed by atoms with Gasteiger partial charge in [-0.1, -0.05) is 32.9 Å². The molecule has 170 valence electrons. The monoisotopic (exact) mass is 437 g/mol. The Bertz CT molecular complexity index is 1120. The standard InChI is InChI=1S/C24H31N5O3/c1-24(2,3)10-20(31)28-11-16(9-17(28)13-30)29-12-19(15-5-7-18(32-4)8-6-15)21-22(25)26-14-27-23(21)29/h5-8,12,14,16-17,30H,9-11,13H2,1-4H3,(H2,25,26,27). The fourth-order valence-corrected chi connectivity index (χ4v) is 4.50. The van der Waals surface area contributed by atoms with Gasteiger partial charge in [0.25, 0.3) is 0 Å². The molecule has 4 rings (SSSR count). The predicted molar refractivity (Wildman–Crippen MR) is 124 cm³/mol. The van der Waals surface area contributed by atoms with Gasteiger partial charge in [-0.15, -0.1) is 0 Å². The topological polar surface area (TPSA) is 106 Å². The van der Waals surface area contributed by atoms with Crippen molar-refractivity contribution in [3.8, 4) is 16.9 Å². The Kier molecular flexibility index (Phi) is 5.81. The Morgan fingerprint density at radius 1 is 1.25 bits per heavy atom. The largest absolute Gasteiger partial charge is 0.497 e. The number of amides is 1. The molecule has 32 heavy (non-hydrogen) atoms. The highest BCUT2D eigenvalue weighted by Crippen LogP contribution is 2.38. The lowest BCUT2D eigenvalue weighted by Crippen LogP contribution is -2.39. The average Bonchev–Trinajstić information content (AvgIpc) is 3.35. The Labute approximate surface area is 188 Å². The van der Waals surface area contributed by atoms with Crippen molar-refractivity contribution in [2.24, 2.45) is 5.41 Å². The lowest BCUT2D eigenvalue weighted by molar-refractivity contribution is -0.134. The molecule has 2 unspecified atom stereocenters. The molecule has 0 aliphatic carbocycles. The molecular weight excluding hydrogens is 406 g/mol. The molecule has 3 aromatic rings. The molecule has 3 heterocycles. The normalized spacial score (nSPS) is 19.0. The third-order valence-electron chi connectivity index (χ3n) is 6.04. The molecule has 0 bridgehead atoms. The van der Waals surface area contributed by atoms with Gasteiger partial charge in [-0.2, -0.15) is 0 Å². The highest BCUT2D eigenvalue weighted by Gasteiger charge is 2.37. The summed E-state index contributed by atoms with van der Waals surface area (Å²) in [6.45, 7) is 6.61. The van der Waals surface area contributed by atoms with Gasteiger partial charge in [-0.25, -0.2) is 9.97 Å². The minimum Gasteiger partial charge on any atom is -0.497 e. The molecule has 1 amide bonds. The number of anilines is 1. The second-order valence-electron chi connectivity index (χ2n) is 9.65. The molecule has 0 spiro atoms. The van der Waals surface area contributed by atoms with Crippen molar-refractivity contribution >= 4 is 22.8 Å². The Morgan fingerprint density at radius 3 is 2.59 bits per heavy atom. The van der Waals surface area contributed by atoms with E-state index < -0.39 is 0 Å². The van der Waals surface area contributed by atoms with E-state index in [1.54, 1.807) is 7.11 Å². The molecule has 2 atom stereocenters. The lowest BCUT2D eigenvalue weighted by Gasteiger charge is -2.27. The first-order valence-corrected chi connectivity index (χ1v) is 10.9. The van der Waals surface area contributed by atoms with E-state index in [9.17, 15) is 9.90 Å². The summed E-state index contributed by atoms with van der Waals surface area (Å²) in [6.07, 6.45) is 4.60. The molecule has 1 aliphatic rings. The van der Waals surface area contributed by atoms with Crippen LogP contribution in [0.15, 0.2) is 36.8 Å². The number of nitrogens with zero attached hydrogens (tertiary/aromatic N) is 4. The van der Waals surface area contributed by atoms with E-state index in [1.807, 2.05) is 56.1 Å². The first kappa shape index (κ1) is 22.1. The van der Waals surface area contributed by atoms with Crippen LogP contribution in [-0.4, -0.2) is 56.8 Å². The summed E-state index contributed by atoms with van der Waals surface area (Å²) in [5.41, 5.74) is 8.80. The van der Waals surface area contributed by atoms with Gasteiger partial charge in [-0.05, 0) is 29.5 Å². The summed E-state index contributed by atoms with van der Waals surface area (Å²) < 4.78 is 7.36.